The summed E-state index contributed by atoms with van der Waals surface area (Å²) in [5.41, 5.74) is 0.634. The SMILES string of the molecule is CN(C)CCN1C(=O)COc2ccc(NC(=O)c3cc4ccccc4oc3=O)cc21. The lowest BCUT2D eigenvalue weighted by Crippen LogP contribution is -2.42. The van der Waals surface area contributed by atoms with Crippen LogP contribution in [0.3, 0.4) is 0 Å². The third kappa shape index (κ3) is 3.90. The Labute approximate surface area is 172 Å². The third-order valence-corrected chi connectivity index (χ3v) is 4.82. The quantitative estimate of drug-likeness (QED) is 0.653. The summed E-state index contributed by atoms with van der Waals surface area (Å²) in [7, 11) is 3.86. The summed E-state index contributed by atoms with van der Waals surface area (Å²) in [4.78, 5) is 40.9. The van der Waals surface area contributed by atoms with Crippen LogP contribution in [0, 0.1) is 0 Å². The number of carbonyl (C=O) groups is 2. The zero-order valence-corrected chi connectivity index (χ0v) is 16.7. The van der Waals surface area contributed by atoms with Gasteiger partial charge in [0, 0.05) is 24.2 Å². The molecule has 2 amide bonds. The van der Waals surface area contributed by atoms with E-state index in [1.807, 2.05) is 19.0 Å². The van der Waals surface area contributed by atoms with Gasteiger partial charge in [-0.1, -0.05) is 18.2 Å². The number of para-hydroxylation sites is 1. The number of hydrogen-bond donors (Lipinski definition) is 1. The van der Waals surface area contributed by atoms with E-state index < -0.39 is 11.5 Å². The molecule has 0 spiro atoms. The normalized spacial score (nSPS) is 13.3. The molecule has 0 aliphatic carbocycles. The lowest BCUT2D eigenvalue weighted by atomic mass is 10.1. The fourth-order valence-electron chi connectivity index (χ4n) is 3.24. The van der Waals surface area contributed by atoms with Crippen LogP contribution in [0.4, 0.5) is 11.4 Å². The molecule has 8 heteroatoms. The number of nitrogens with one attached hydrogen (secondary N) is 1. The Bertz CT molecular complexity index is 1180. The minimum absolute atomic E-state index is 0.0235. The molecule has 0 bridgehead atoms. The fraction of sp³-hybridized carbons (Fsp3) is 0.227. The van der Waals surface area contributed by atoms with E-state index in [0.717, 1.165) is 0 Å². The molecule has 0 unspecified atom stereocenters. The first-order valence-corrected chi connectivity index (χ1v) is 9.48. The van der Waals surface area contributed by atoms with Gasteiger partial charge in [0.2, 0.25) is 0 Å². The van der Waals surface area contributed by atoms with Crippen LogP contribution < -0.4 is 20.6 Å². The zero-order valence-electron chi connectivity index (χ0n) is 16.7. The molecule has 0 radical (unpaired) electrons. The highest BCUT2D eigenvalue weighted by atomic mass is 16.5. The van der Waals surface area contributed by atoms with Crippen molar-refractivity contribution in [3.63, 3.8) is 0 Å². The Kier molecular flexibility index (Phi) is 5.24. The number of anilines is 2. The molecule has 1 aromatic heterocycles. The minimum Gasteiger partial charge on any atom is -0.482 e. The molecule has 2 aromatic carbocycles. The second-order valence-electron chi connectivity index (χ2n) is 7.26. The van der Waals surface area contributed by atoms with E-state index in [0.29, 0.717) is 41.2 Å². The van der Waals surface area contributed by atoms with Crippen LogP contribution >= 0.6 is 0 Å². The van der Waals surface area contributed by atoms with E-state index in [9.17, 15) is 14.4 Å². The number of likely N-dealkylation sites (N-methyl/N-ethyl adjacent to an activating group) is 1. The van der Waals surface area contributed by atoms with Gasteiger partial charge in [0.05, 0.1) is 5.69 Å². The lowest BCUT2D eigenvalue weighted by Gasteiger charge is -2.30. The first-order valence-electron chi connectivity index (χ1n) is 9.48. The van der Waals surface area contributed by atoms with Gasteiger partial charge in [0.1, 0.15) is 16.9 Å². The van der Waals surface area contributed by atoms with Crippen molar-refractivity contribution < 1.29 is 18.7 Å². The van der Waals surface area contributed by atoms with Crippen molar-refractivity contribution in [2.24, 2.45) is 0 Å². The van der Waals surface area contributed by atoms with Crippen molar-refractivity contribution in [3.8, 4) is 5.75 Å². The first kappa shape index (κ1) is 19.7. The van der Waals surface area contributed by atoms with Crippen LogP contribution in [0.5, 0.6) is 5.75 Å². The summed E-state index contributed by atoms with van der Waals surface area (Å²) in [6.45, 7) is 1.15. The Balaban J connectivity index is 1.61. The Morgan fingerprint density at radius 2 is 1.93 bits per heavy atom. The molecule has 1 aliphatic heterocycles. The van der Waals surface area contributed by atoms with E-state index in [1.54, 1.807) is 47.4 Å². The number of rotatable bonds is 5. The number of hydrogen-bond acceptors (Lipinski definition) is 6. The smallest absolute Gasteiger partial charge is 0.349 e. The third-order valence-electron chi connectivity index (χ3n) is 4.82. The summed E-state index contributed by atoms with van der Waals surface area (Å²) in [6.07, 6.45) is 0. The van der Waals surface area contributed by atoms with Crippen molar-refractivity contribution in [3.05, 3.63) is 64.5 Å². The minimum atomic E-state index is -0.713. The Morgan fingerprint density at radius 1 is 1.13 bits per heavy atom. The van der Waals surface area contributed by atoms with Gasteiger partial charge in [-0.2, -0.15) is 0 Å². The van der Waals surface area contributed by atoms with E-state index >= 15 is 0 Å². The molecule has 3 aromatic rings. The monoisotopic (exact) mass is 407 g/mol. The molecule has 0 saturated heterocycles. The van der Waals surface area contributed by atoms with E-state index in [2.05, 4.69) is 5.32 Å². The van der Waals surface area contributed by atoms with Crippen LogP contribution in [0.15, 0.2) is 57.7 Å². The Hall–Kier alpha value is -3.65. The molecular formula is C22H21N3O5. The first-order chi connectivity index (χ1) is 14.4. The van der Waals surface area contributed by atoms with Crippen LogP contribution in [-0.2, 0) is 4.79 Å². The van der Waals surface area contributed by atoms with Crippen molar-refractivity contribution >= 4 is 34.2 Å². The second kappa shape index (κ2) is 8.00. The van der Waals surface area contributed by atoms with Gasteiger partial charge in [0.25, 0.3) is 11.8 Å². The maximum Gasteiger partial charge on any atom is 0.349 e. The van der Waals surface area contributed by atoms with Gasteiger partial charge in [-0.25, -0.2) is 4.79 Å². The molecule has 30 heavy (non-hydrogen) atoms. The average molecular weight is 407 g/mol. The van der Waals surface area contributed by atoms with Crippen molar-refractivity contribution in [2.45, 2.75) is 0 Å². The largest absolute Gasteiger partial charge is 0.482 e. The molecule has 1 aliphatic rings. The van der Waals surface area contributed by atoms with Crippen LogP contribution in [0.25, 0.3) is 11.0 Å². The fourth-order valence-corrected chi connectivity index (χ4v) is 3.24. The van der Waals surface area contributed by atoms with Gasteiger partial charge in [-0.05, 0) is 44.4 Å². The number of carbonyl (C=O) groups excluding carboxylic acids is 2. The molecule has 0 atom stereocenters. The van der Waals surface area contributed by atoms with Crippen molar-refractivity contribution in [1.29, 1.82) is 0 Å². The molecule has 1 N–H and O–H groups in total. The topological polar surface area (TPSA) is 92.1 Å². The highest BCUT2D eigenvalue weighted by molar-refractivity contribution is 6.06. The second-order valence-corrected chi connectivity index (χ2v) is 7.26. The lowest BCUT2D eigenvalue weighted by molar-refractivity contribution is -0.121. The predicted octanol–water partition coefficient (Wildman–Crippen LogP) is 2.33. The Morgan fingerprint density at radius 3 is 2.73 bits per heavy atom. The molecule has 4 rings (SSSR count). The van der Waals surface area contributed by atoms with Gasteiger partial charge >= 0.3 is 5.63 Å². The molecule has 0 saturated carbocycles. The number of nitrogens with zero attached hydrogens (tertiary/aromatic N) is 2. The number of ether oxygens (including phenoxy) is 1. The predicted molar refractivity (Wildman–Crippen MR) is 113 cm³/mol. The van der Waals surface area contributed by atoms with Gasteiger partial charge < -0.3 is 24.3 Å². The van der Waals surface area contributed by atoms with Gasteiger partial charge in [0.15, 0.2) is 6.61 Å². The highest BCUT2D eigenvalue weighted by Crippen LogP contribution is 2.34. The maximum atomic E-state index is 12.7. The van der Waals surface area contributed by atoms with Crippen molar-refractivity contribution in [2.75, 3.05) is 44.0 Å². The summed E-state index contributed by atoms with van der Waals surface area (Å²) in [5.74, 6) is -0.170. The molecular weight excluding hydrogens is 386 g/mol. The number of amides is 2. The average Bonchev–Trinajstić information content (AvgIpc) is 2.72. The molecule has 0 fully saturated rings. The van der Waals surface area contributed by atoms with Crippen molar-refractivity contribution in [1.82, 2.24) is 4.90 Å². The van der Waals surface area contributed by atoms with Crippen LogP contribution in [-0.4, -0.2) is 50.5 Å². The van der Waals surface area contributed by atoms with Gasteiger partial charge in [-0.3, -0.25) is 9.59 Å². The number of fused-ring (bicyclic) bond motifs is 2. The van der Waals surface area contributed by atoms with Crippen LogP contribution in [0.1, 0.15) is 10.4 Å². The number of benzene rings is 2. The molecule has 8 nitrogen and oxygen atoms in total. The van der Waals surface area contributed by atoms with E-state index in [1.165, 1.54) is 6.07 Å². The zero-order chi connectivity index (χ0) is 21.3. The van der Waals surface area contributed by atoms with Gasteiger partial charge in [-0.15, -0.1) is 0 Å². The summed E-state index contributed by atoms with van der Waals surface area (Å²) >= 11 is 0. The summed E-state index contributed by atoms with van der Waals surface area (Å²) < 4.78 is 10.7. The highest BCUT2D eigenvalue weighted by Gasteiger charge is 2.26. The molecule has 2 heterocycles. The summed E-state index contributed by atoms with van der Waals surface area (Å²) in [5, 5.41) is 3.37. The van der Waals surface area contributed by atoms with E-state index in [-0.39, 0.29) is 18.1 Å². The molecule has 154 valence electrons. The standard InChI is InChI=1S/C22H21N3O5/c1-24(2)9-10-25-17-12-15(7-8-19(17)29-13-20(25)26)23-21(27)16-11-14-5-3-4-6-18(14)30-22(16)28/h3-8,11-12H,9-10,13H2,1-2H3,(H,23,27). The maximum absolute atomic E-state index is 12.7. The summed E-state index contributed by atoms with van der Waals surface area (Å²) in [6, 6.07) is 13.5. The van der Waals surface area contributed by atoms with Crippen LogP contribution in [0.2, 0.25) is 0 Å². The van der Waals surface area contributed by atoms with E-state index in [4.69, 9.17) is 9.15 Å².